The van der Waals surface area contributed by atoms with E-state index in [1.807, 2.05) is 25.1 Å². The molecule has 1 aromatic rings. The predicted octanol–water partition coefficient (Wildman–Crippen LogP) is 2.51. The molecule has 1 saturated heterocycles. The summed E-state index contributed by atoms with van der Waals surface area (Å²) < 4.78 is 11.1. The van der Waals surface area contributed by atoms with Crippen LogP contribution in [0.15, 0.2) is 24.3 Å². The monoisotopic (exact) mass is 235 g/mol. The average molecular weight is 235 g/mol. The van der Waals surface area contributed by atoms with E-state index in [-0.39, 0.29) is 6.04 Å². The van der Waals surface area contributed by atoms with Crippen LogP contribution in [0.5, 0.6) is 5.75 Å². The third-order valence-electron chi connectivity index (χ3n) is 3.29. The van der Waals surface area contributed by atoms with Crippen molar-refractivity contribution in [2.45, 2.75) is 32.4 Å². The SMILES string of the molecule is CCOc1cccc(C(N)C2COC(C)C2)c1. The highest BCUT2D eigenvalue weighted by molar-refractivity contribution is 5.30. The summed E-state index contributed by atoms with van der Waals surface area (Å²) >= 11 is 0. The summed E-state index contributed by atoms with van der Waals surface area (Å²) in [6.07, 6.45) is 1.38. The maximum atomic E-state index is 6.29. The third kappa shape index (κ3) is 2.99. The molecule has 3 heteroatoms. The van der Waals surface area contributed by atoms with Gasteiger partial charge >= 0.3 is 0 Å². The summed E-state index contributed by atoms with van der Waals surface area (Å²) in [6, 6.07) is 8.11. The average Bonchev–Trinajstić information content (AvgIpc) is 2.76. The zero-order valence-electron chi connectivity index (χ0n) is 10.6. The van der Waals surface area contributed by atoms with Gasteiger partial charge in [0.2, 0.25) is 0 Å². The highest BCUT2D eigenvalue weighted by Crippen LogP contribution is 2.31. The van der Waals surface area contributed by atoms with E-state index in [1.54, 1.807) is 0 Å². The van der Waals surface area contributed by atoms with Crippen LogP contribution in [-0.2, 0) is 4.74 Å². The maximum Gasteiger partial charge on any atom is 0.119 e. The van der Waals surface area contributed by atoms with E-state index in [0.717, 1.165) is 24.3 Å². The Labute approximate surface area is 103 Å². The molecule has 0 amide bonds. The van der Waals surface area contributed by atoms with E-state index in [9.17, 15) is 0 Å². The molecule has 1 aliphatic heterocycles. The lowest BCUT2D eigenvalue weighted by molar-refractivity contribution is 0.118. The van der Waals surface area contributed by atoms with Crippen LogP contribution >= 0.6 is 0 Å². The molecule has 1 fully saturated rings. The molecule has 17 heavy (non-hydrogen) atoms. The Morgan fingerprint density at radius 1 is 1.53 bits per heavy atom. The van der Waals surface area contributed by atoms with E-state index >= 15 is 0 Å². The molecule has 0 bridgehead atoms. The van der Waals surface area contributed by atoms with Crippen molar-refractivity contribution < 1.29 is 9.47 Å². The summed E-state index contributed by atoms with van der Waals surface area (Å²) in [5, 5.41) is 0. The first kappa shape index (κ1) is 12.4. The Morgan fingerprint density at radius 2 is 2.35 bits per heavy atom. The number of ether oxygens (including phenoxy) is 2. The molecule has 1 aromatic carbocycles. The van der Waals surface area contributed by atoms with Gasteiger partial charge in [-0.25, -0.2) is 0 Å². The maximum absolute atomic E-state index is 6.29. The molecule has 1 heterocycles. The predicted molar refractivity (Wildman–Crippen MR) is 68.1 cm³/mol. The van der Waals surface area contributed by atoms with E-state index in [2.05, 4.69) is 13.0 Å². The van der Waals surface area contributed by atoms with Crippen LogP contribution in [0, 0.1) is 5.92 Å². The second-order valence-electron chi connectivity index (χ2n) is 4.67. The Morgan fingerprint density at radius 3 is 3.00 bits per heavy atom. The minimum atomic E-state index is 0.0420. The van der Waals surface area contributed by atoms with Crippen LogP contribution in [0.3, 0.4) is 0 Å². The van der Waals surface area contributed by atoms with Gasteiger partial charge in [0.15, 0.2) is 0 Å². The van der Waals surface area contributed by atoms with Crippen LogP contribution in [0.25, 0.3) is 0 Å². The van der Waals surface area contributed by atoms with Gasteiger partial charge < -0.3 is 15.2 Å². The van der Waals surface area contributed by atoms with Crippen molar-refractivity contribution in [3.8, 4) is 5.75 Å². The smallest absolute Gasteiger partial charge is 0.119 e. The van der Waals surface area contributed by atoms with Crippen LogP contribution < -0.4 is 10.5 Å². The van der Waals surface area contributed by atoms with Gasteiger partial charge in [0.25, 0.3) is 0 Å². The van der Waals surface area contributed by atoms with Crippen molar-refractivity contribution in [2.75, 3.05) is 13.2 Å². The summed E-state index contributed by atoms with van der Waals surface area (Å²) in [5.74, 6) is 1.31. The van der Waals surface area contributed by atoms with Crippen molar-refractivity contribution in [3.05, 3.63) is 29.8 Å². The molecule has 2 N–H and O–H groups in total. The molecule has 0 radical (unpaired) electrons. The standard InChI is InChI=1S/C14H21NO2/c1-3-16-13-6-4-5-11(8-13)14(15)12-7-10(2)17-9-12/h4-6,8,10,12,14H,3,7,9,15H2,1-2H3. The first-order chi connectivity index (χ1) is 8.20. The highest BCUT2D eigenvalue weighted by atomic mass is 16.5. The Hall–Kier alpha value is -1.06. The second-order valence-corrected chi connectivity index (χ2v) is 4.67. The molecular weight excluding hydrogens is 214 g/mol. The first-order valence-electron chi connectivity index (χ1n) is 6.30. The number of benzene rings is 1. The zero-order valence-corrected chi connectivity index (χ0v) is 10.6. The fourth-order valence-corrected chi connectivity index (χ4v) is 2.35. The van der Waals surface area contributed by atoms with Crippen LogP contribution in [0.4, 0.5) is 0 Å². The molecule has 94 valence electrons. The minimum Gasteiger partial charge on any atom is -0.494 e. The third-order valence-corrected chi connectivity index (χ3v) is 3.29. The molecule has 0 saturated carbocycles. The number of hydrogen-bond acceptors (Lipinski definition) is 3. The first-order valence-corrected chi connectivity index (χ1v) is 6.30. The van der Waals surface area contributed by atoms with E-state index in [4.69, 9.17) is 15.2 Å². The minimum absolute atomic E-state index is 0.0420. The molecule has 0 spiro atoms. The van der Waals surface area contributed by atoms with Gasteiger partial charge in [0, 0.05) is 12.0 Å². The van der Waals surface area contributed by atoms with Gasteiger partial charge in [-0.05, 0) is 38.0 Å². The second kappa shape index (κ2) is 5.52. The highest BCUT2D eigenvalue weighted by Gasteiger charge is 2.28. The normalized spacial score (nSPS) is 25.8. The van der Waals surface area contributed by atoms with Crippen LogP contribution in [-0.4, -0.2) is 19.3 Å². The van der Waals surface area contributed by atoms with Crippen LogP contribution in [0.1, 0.15) is 31.9 Å². The summed E-state index contributed by atoms with van der Waals surface area (Å²) in [4.78, 5) is 0. The summed E-state index contributed by atoms with van der Waals surface area (Å²) in [5.41, 5.74) is 7.43. The van der Waals surface area contributed by atoms with Crippen molar-refractivity contribution in [1.29, 1.82) is 0 Å². The Kier molecular flexibility index (Phi) is 4.02. The molecule has 0 aliphatic carbocycles. The van der Waals surface area contributed by atoms with E-state index in [0.29, 0.717) is 18.6 Å². The van der Waals surface area contributed by atoms with Gasteiger partial charge in [-0.15, -0.1) is 0 Å². The van der Waals surface area contributed by atoms with Crippen molar-refractivity contribution >= 4 is 0 Å². The van der Waals surface area contributed by atoms with Crippen molar-refractivity contribution in [3.63, 3.8) is 0 Å². The Bertz CT molecular complexity index is 367. The van der Waals surface area contributed by atoms with Gasteiger partial charge in [-0.1, -0.05) is 12.1 Å². The lowest BCUT2D eigenvalue weighted by Gasteiger charge is -2.18. The lowest BCUT2D eigenvalue weighted by Crippen LogP contribution is -2.21. The lowest BCUT2D eigenvalue weighted by atomic mass is 9.92. The number of hydrogen-bond donors (Lipinski definition) is 1. The van der Waals surface area contributed by atoms with Gasteiger partial charge in [-0.3, -0.25) is 0 Å². The van der Waals surface area contributed by atoms with Gasteiger partial charge in [0.05, 0.1) is 19.3 Å². The fourth-order valence-electron chi connectivity index (χ4n) is 2.35. The van der Waals surface area contributed by atoms with E-state index < -0.39 is 0 Å². The summed E-state index contributed by atoms with van der Waals surface area (Å²) in [6.45, 7) is 5.53. The topological polar surface area (TPSA) is 44.5 Å². The number of nitrogens with two attached hydrogens (primary N) is 1. The molecule has 1 aliphatic rings. The molecule has 3 unspecified atom stereocenters. The van der Waals surface area contributed by atoms with Gasteiger partial charge in [-0.2, -0.15) is 0 Å². The fraction of sp³-hybridized carbons (Fsp3) is 0.571. The Balaban J connectivity index is 2.07. The number of rotatable bonds is 4. The van der Waals surface area contributed by atoms with Crippen LogP contribution in [0.2, 0.25) is 0 Å². The summed E-state index contributed by atoms with van der Waals surface area (Å²) in [7, 11) is 0. The largest absolute Gasteiger partial charge is 0.494 e. The molecular formula is C14H21NO2. The van der Waals surface area contributed by atoms with Crippen molar-refractivity contribution in [1.82, 2.24) is 0 Å². The van der Waals surface area contributed by atoms with Gasteiger partial charge in [0.1, 0.15) is 5.75 Å². The zero-order chi connectivity index (χ0) is 12.3. The molecule has 3 nitrogen and oxygen atoms in total. The molecule has 0 aromatic heterocycles. The van der Waals surface area contributed by atoms with Crippen molar-refractivity contribution in [2.24, 2.45) is 11.7 Å². The van der Waals surface area contributed by atoms with E-state index in [1.165, 1.54) is 0 Å². The quantitative estimate of drug-likeness (QED) is 0.872. The molecule has 3 atom stereocenters. The molecule has 2 rings (SSSR count).